The molecule has 1 saturated heterocycles. The summed E-state index contributed by atoms with van der Waals surface area (Å²) in [5.41, 5.74) is 0.326. The second-order valence-corrected chi connectivity index (χ2v) is 9.62. The Morgan fingerprint density at radius 2 is 1.85 bits per heavy atom. The Hall–Kier alpha value is -1.67. The van der Waals surface area contributed by atoms with Crippen LogP contribution < -0.4 is 4.90 Å². The van der Waals surface area contributed by atoms with Gasteiger partial charge in [-0.15, -0.1) is 0 Å². The van der Waals surface area contributed by atoms with Crippen LogP contribution in [0.5, 0.6) is 0 Å². The van der Waals surface area contributed by atoms with E-state index < -0.39 is 14.9 Å². The fourth-order valence-electron chi connectivity index (χ4n) is 3.60. The summed E-state index contributed by atoms with van der Waals surface area (Å²) >= 11 is 0. The van der Waals surface area contributed by atoms with Gasteiger partial charge in [-0.3, -0.25) is 10.1 Å². The van der Waals surface area contributed by atoms with Crippen molar-refractivity contribution >= 4 is 21.4 Å². The first-order chi connectivity index (χ1) is 12.2. The van der Waals surface area contributed by atoms with E-state index in [-0.39, 0.29) is 16.6 Å². The molecule has 7 nitrogen and oxygen atoms in total. The predicted molar refractivity (Wildman–Crippen MR) is 101 cm³/mol. The van der Waals surface area contributed by atoms with Crippen LogP contribution in [0, 0.1) is 22.0 Å². The van der Waals surface area contributed by atoms with Crippen molar-refractivity contribution in [3.05, 3.63) is 28.3 Å². The Morgan fingerprint density at radius 3 is 2.38 bits per heavy atom. The summed E-state index contributed by atoms with van der Waals surface area (Å²) in [7, 11) is -1.86. The molecular formula is C18H27N3O4S. The zero-order chi connectivity index (χ0) is 19.1. The molecule has 1 atom stereocenters. The molecule has 1 aromatic rings. The summed E-state index contributed by atoms with van der Waals surface area (Å²) in [6.45, 7) is 5.11. The van der Waals surface area contributed by atoms with Crippen molar-refractivity contribution in [2.45, 2.75) is 50.5 Å². The monoisotopic (exact) mass is 381 g/mol. The third-order valence-electron chi connectivity index (χ3n) is 5.82. The molecule has 2 fully saturated rings. The van der Waals surface area contributed by atoms with Gasteiger partial charge in [-0.05, 0) is 56.6 Å². The molecule has 1 aromatic carbocycles. The first-order valence-electron chi connectivity index (χ1n) is 9.23. The number of hydrogen-bond donors (Lipinski definition) is 0. The standard InChI is InChI=1S/C18H27N3O4S/c1-13-8-10-20(11-9-13)26(24,25)16-6-7-17(18(12-16)21(22)23)19(3)14(2)15-4-5-15/h6-7,12-15H,4-5,8-11H2,1-3H3/t14-/m1/s1. The lowest BCUT2D eigenvalue weighted by Gasteiger charge is -2.30. The van der Waals surface area contributed by atoms with Crippen molar-refractivity contribution in [3.63, 3.8) is 0 Å². The summed E-state index contributed by atoms with van der Waals surface area (Å²) in [4.78, 5) is 13.0. The lowest BCUT2D eigenvalue weighted by molar-refractivity contribution is -0.384. The Morgan fingerprint density at radius 1 is 1.23 bits per heavy atom. The number of nitro groups is 1. The van der Waals surface area contributed by atoms with Gasteiger partial charge in [0.2, 0.25) is 10.0 Å². The van der Waals surface area contributed by atoms with E-state index in [1.165, 1.54) is 16.4 Å². The van der Waals surface area contributed by atoms with E-state index in [0.29, 0.717) is 30.6 Å². The first-order valence-corrected chi connectivity index (χ1v) is 10.7. The zero-order valence-corrected chi connectivity index (χ0v) is 16.4. The molecule has 144 valence electrons. The molecule has 0 spiro atoms. The number of nitro benzene ring substituents is 1. The van der Waals surface area contributed by atoms with Gasteiger partial charge < -0.3 is 4.90 Å². The molecular weight excluding hydrogens is 354 g/mol. The van der Waals surface area contributed by atoms with Crippen LogP contribution in [0.15, 0.2) is 23.1 Å². The van der Waals surface area contributed by atoms with Crippen molar-refractivity contribution in [3.8, 4) is 0 Å². The topological polar surface area (TPSA) is 83.8 Å². The van der Waals surface area contributed by atoms with E-state index in [9.17, 15) is 18.5 Å². The Labute approximate surface area is 155 Å². The van der Waals surface area contributed by atoms with Crippen molar-refractivity contribution in [1.82, 2.24) is 4.31 Å². The van der Waals surface area contributed by atoms with Crippen LogP contribution in [0.2, 0.25) is 0 Å². The molecule has 0 radical (unpaired) electrons. The van der Waals surface area contributed by atoms with E-state index in [0.717, 1.165) is 25.7 Å². The maximum Gasteiger partial charge on any atom is 0.293 e. The van der Waals surface area contributed by atoms with Crippen molar-refractivity contribution in [2.75, 3.05) is 25.0 Å². The molecule has 3 rings (SSSR count). The highest BCUT2D eigenvalue weighted by atomic mass is 32.2. The van der Waals surface area contributed by atoms with Gasteiger partial charge in [-0.1, -0.05) is 6.92 Å². The minimum atomic E-state index is -3.70. The third-order valence-corrected chi connectivity index (χ3v) is 7.71. The Balaban J connectivity index is 1.91. The van der Waals surface area contributed by atoms with Gasteiger partial charge in [0.15, 0.2) is 0 Å². The maximum atomic E-state index is 12.9. The second-order valence-electron chi connectivity index (χ2n) is 7.68. The van der Waals surface area contributed by atoms with E-state index in [4.69, 9.17) is 0 Å². The lowest BCUT2D eigenvalue weighted by atomic mass is 10.0. The predicted octanol–water partition coefficient (Wildman–Crippen LogP) is 3.25. The molecule has 1 heterocycles. The molecule has 0 unspecified atom stereocenters. The number of sulfonamides is 1. The molecule has 26 heavy (non-hydrogen) atoms. The zero-order valence-electron chi connectivity index (χ0n) is 15.6. The van der Waals surface area contributed by atoms with E-state index in [2.05, 4.69) is 13.8 Å². The minimum Gasteiger partial charge on any atom is -0.366 e. The first kappa shape index (κ1) is 19.1. The van der Waals surface area contributed by atoms with Gasteiger partial charge in [0.25, 0.3) is 5.69 Å². The van der Waals surface area contributed by atoms with Crippen molar-refractivity contribution in [2.24, 2.45) is 11.8 Å². The van der Waals surface area contributed by atoms with Crippen LogP contribution >= 0.6 is 0 Å². The van der Waals surface area contributed by atoms with Crippen LogP contribution in [-0.4, -0.2) is 43.8 Å². The smallest absolute Gasteiger partial charge is 0.293 e. The summed E-state index contributed by atoms with van der Waals surface area (Å²) in [6.07, 6.45) is 3.92. The number of anilines is 1. The largest absolute Gasteiger partial charge is 0.366 e. The summed E-state index contributed by atoms with van der Waals surface area (Å²) in [5.74, 6) is 1.06. The van der Waals surface area contributed by atoms with E-state index in [1.807, 2.05) is 11.9 Å². The van der Waals surface area contributed by atoms with Gasteiger partial charge in [0.05, 0.1) is 9.82 Å². The maximum absolute atomic E-state index is 12.9. The van der Waals surface area contributed by atoms with Gasteiger partial charge in [-0.25, -0.2) is 8.42 Å². The summed E-state index contributed by atoms with van der Waals surface area (Å²) in [5, 5.41) is 11.6. The van der Waals surface area contributed by atoms with Crippen molar-refractivity contribution < 1.29 is 13.3 Å². The van der Waals surface area contributed by atoms with Gasteiger partial charge in [0.1, 0.15) is 5.69 Å². The highest BCUT2D eigenvalue weighted by Crippen LogP contribution is 2.39. The quantitative estimate of drug-likeness (QED) is 0.558. The molecule has 0 aromatic heterocycles. The van der Waals surface area contributed by atoms with Gasteiger partial charge in [0, 0.05) is 32.2 Å². The van der Waals surface area contributed by atoms with Crippen LogP contribution in [0.3, 0.4) is 0 Å². The molecule has 1 aliphatic heterocycles. The number of nitrogens with zero attached hydrogens (tertiary/aromatic N) is 3. The normalized spacial score (nSPS) is 20.7. The average Bonchev–Trinajstić information content (AvgIpc) is 3.45. The number of benzene rings is 1. The Kier molecular flexibility index (Phi) is 5.25. The Bertz CT molecular complexity index is 784. The molecule has 0 amide bonds. The molecule has 2 aliphatic rings. The summed E-state index contributed by atoms with van der Waals surface area (Å²) in [6, 6.07) is 4.50. The molecule has 1 saturated carbocycles. The number of piperidine rings is 1. The van der Waals surface area contributed by atoms with E-state index in [1.54, 1.807) is 6.07 Å². The SMILES string of the molecule is CC1CCN(S(=O)(=O)c2ccc(N(C)[C@H](C)C3CC3)c([N+](=O)[O-])c2)CC1. The number of hydrogen-bond acceptors (Lipinski definition) is 5. The average molecular weight is 381 g/mol. The lowest BCUT2D eigenvalue weighted by Crippen LogP contribution is -2.38. The van der Waals surface area contributed by atoms with Crippen LogP contribution in [-0.2, 0) is 10.0 Å². The van der Waals surface area contributed by atoms with Crippen LogP contribution in [0.4, 0.5) is 11.4 Å². The molecule has 0 bridgehead atoms. The highest BCUT2D eigenvalue weighted by molar-refractivity contribution is 7.89. The highest BCUT2D eigenvalue weighted by Gasteiger charge is 2.34. The fourth-order valence-corrected chi connectivity index (χ4v) is 5.09. The number of rotatable bonds is 6. The van der Waals surface area contributed by atoms with Gasteiger partial charge >= 0.3 is 0 Å². The fraction of sp³-hybridized carbons (Fsp3) is 0.667. The molecule has 0 N–H and O–H groups in total. The minimum absolute atomic E-state index is 0.00924. The molecule has 1 aliphatic carbocycles. The van der Waals surface area contributed by atoms with Gasteiger partial charge in [-0.2, -0.15) is 4.31 Å². The summed E-state index contributed by atoms with van der Waals surface area (Å²) < 4.78 is 27.2. The molecule has 8 heteroatoms. The van der Waals surface area contributed by atoms with Crippen molar-refractivity contribution in [1.29, 1.82) is 0 Å². The van der Waals surface area contributed by atoms with E-state index >= 15 is 0 Å². The second kappa shape index (κ2) is 7.15. The van der Waals surface area contributed by atoms with Crippen LogP contribution in [0.25, 0.3) is 0 Å². The third kappa shape index (κ3) is 3.71. The van der Waals surface area contributed by atoms with Crippen LogP contribution in [0.1, 0.15) is 39.5 Å².